The Morgan fingerprint density at radius 3 is 2.26 bits per heavy atom. The molecule has 3 atom stereocenters. The Labute approximate surface area is 212 Å². The summed E-state index contributed by atoms with van der Waals surface area (Å²) in [5.74, 6) is -2.44. The highest BCUT2D eigenvalue weighted by atomic mass is 35.5. The second-order valence-electron chi connectivity index (χ2n) is 10.4. The van der Waals surface area contributed by atoms with E-state index in [2.05, 4.69) is 31.3 Å². The Morgan fingerprint density at radius 1 is 1.09 bits per heavy atom. The van der Waals surface area contributed by atoms with Crippen LogP contribution in [-0.2, 0) is 14.4 Å². The lowest BCUT2D eigenvalue weighted by molar-refractivity contribution is -0.142. The first kappa shape index (κ1) is 26.7. The molecule has 1 heterocycles. The molecule has 2 aromatic carbocycles. The number of rotatable bonds is 8. The Balaban J connectivity index is 1.69. The maximum atomic E-state index is 13.5. The van der Waals surface area contributed by atoms with Crippen molar-refractivity contribution in [3.8, 4) is 0 Å². The molecule has 2 N–H and O–H groups in total. The van der Waals surface area contributed by atoms with Crippen LogP contribution < -0.4 is 5.32 Å². The van der Waals surface area contributed by atoms with Crippen LogP contribution in [0.1, 0.15) is 63.5 Å². The van der Waals surface area contributed by atoms with Crippen LogP contribution in [0.2, 0.25) is 5.02 Å². The fourth-order valence-corrected chi connectivity index (χ4v) is 5.14. The number of carboxylic acids is 1. The smallest absolute Gasteiger partial charge is 0.311 e. The normalized spacial score (nSPS) is 19.1. The van der Waals surface area contributed by atoms with Gasteiger partial charge in [-0.15, -0.1) is 0 Å². The first-order chi connectivity index (χ1) is 16.5. The Kier molecular flexibility index (Phi) is 8.60. The van der Waals surface area contributed by atoms with Crippen molar-refractivity contribution in [1.82, 2.24) is 10.2 Å². The van der Waals surface area contributed by atoms with Crippen LogP contribution in [0.4, 0.5) is 0 Å². The second kappa shape index (κ2) is 11.3. The minimum atomic E-state index is -1.07. The van der Waals surface area contributed by atoms with Crippen molar-refractivity contribution >= 4 is 29.4 Å². The van der Waals surface area contributed by atoms with E-state index in [9.17, 15) is 19.5 Å². The number of halogens is 1. The maximum Gasteiger partial charge on any atom is 0.311 e. The van der Waals surface area contributed by atoms with Gasteiger partial charge in [-0.25, -0.2) is 0 Å². The van der Waals surface area contributed by atoms with Crippen LogP contribution in [0.5, 0.6) is 0 Å². The van der Waals surface area contributed by atoms with E-state index in [1.165, 1.54) is 5.56 Å². The number of carbonyl (C=O) groups is 3. The molecule has 35 heavy (non-hydrogen) atoms. The Morgan fingerprint density at radius 2 is 1.71 bits per heavy atom. The summed E-state index contributed by atoms with van der Waals surface area (Å²) in [5.41, 5.74) is 1.61. The van der Waals surface area contributed by atoms with Crippen LogP contribution in [0.3, 0.4) is 0 Å². The van der Waals surface area contributed by atoms with Gasteiger partial charge in [-0.2, -0.15) is 0 Å². The molecule has 1 aliphatic rings. The van der Waals surface area contributed by atoms with Gasteiger partial charge >= 0.3 is 5.97 Å². The molecule has 2 amide bonds. The molecule has 7 heteroatoms. The number of aliphatic carboxylic acids is 1. The number of likely N-dealkylation sites (tertiary alicyclic amines) is 1. The zero-order chi connectivity index (χ0) is 25.8. The summed E-state index contributed by atoms with van der Waals surface area (Å²) < 4.78 is 0. The molecule has 1 aliphatic heterocycles. The lowest BCUT2D eigenvalue weighted by Gasteiger charge is -2.45. The first-order valence-corrected chi connectivity index (χ1v) is 12.5. The van der Waals surface area contributed by atoms with Crippen LogP contribution >= 0.6 is 11.6 Å². The highest BCUT2D eigenvalue weighted by molar-refractivity contribution is 6.30. The number of hydrogen-bond acceptors (Lipinski definition) is 3. The van der Waals surface area contributed by atoms with Gasteiger partial charge in [0.2, 0.25) is 11.8 Å². The molecular weight excluding hydrogens is 464 g/mol. The van der Waals surface area contributed by atoms with E-state index in [4.69, 9.17) is 11.6 Å². The number of benzene rings is 2. The van der Waals surface area contributed by atoms with E-state index in [0.717, 1.165) is 6.42 Å². The predicted octanol–water partition coefficient (Wildman–Crippen LogP) is 5.08. The van der Waals surface area contributed by atoms with Crippen molar-refractivity contribution < 1.29 is 19.5 Å². The minimum Gasteiger partial charge on any atom is -0.481 e. The number of amides is 2. The van der Waals surface area contributed by atoms with Gasteiger partial charge in [-0.3, -0.25) is 14.4 Å². The lowest BCUT2D eigenvalue weighted by atomic mass is 9.70. The molecule has 6 nitrogen and oxygen atoms in total. The molecule has 0 saturated carbocycles. The van der Waals surface area contributed by atoms with Crippen molar-refractivity contribution in [2.45, 2.75) is 58.4 Å². The lowest BCUT2D eigenvalue weighted by Crippen LogP contribution is -2.56. The summed E-state index contributed by atoms with van der Waals surface area (Å²) in [6.07, 6.45) is 0.591. The molecule has 0 radical (unpaired) electrons. The van der Waals surface area contributed by atoms with E-state index < -0.39 is 23.8 Å². The summed E-state index contributed by atoms with van der Waals surface area (Å²) in [6, 6.07) is 15.9. The molecule has 0 spiro atoms. The molecule has 1 fully saturated rings. The molecule has 2 aromatic rings. The zero-order valence-electron chi connectivity index (χ0n) is 20.8. The second-order valence-corrected chi connectivity index (χ2v) is 10.9. The van der Waals surface area contributed by atoms with Crippen LogP contribution in [0.25, 0.3) is 0 Å². The molecule has 3 rings (SSSR count). The number of carbonyl (C=O) groups excluding carboxylic acids is 2. The predicted molar refractivity (Wildman–Crippen MR) is 137 cm³/mol. The Bertz CT molecular complexity index is 1040. The Hall–Kier alpha value is -2.86. The van der Waals surface area contributed by atoms with Gasteiger partial charge in [0.05, 0.1) is 5.92 Å². The largest absolute Gasteiger partial charge is 0.481 e. The average molecular weight is 499 g/mol. The van der Waals surface area contributed by atoms with Gasteiger partial charge in [0.25, 0.3) is 0 Å². The van der Waals surface area contributed by atoms with E-state index in [1.54, 1.807) is 30.3 Å². The van der Waals surface area contributed by atoms with Crippen LogP contribution in [-0.4, -0.2) is 46.9 Å². The third kappa shape index (κ3) is 6.63. The standard InChI is InChI=1S/C28H35ClN2O4/c1-18(2)25(30-24(32)16-22(27(34)35)19-8-6-5-7-9-19)26(33)31-15-14-23(28(3,4)17-31)20-10-12-21(29)13-11-20/h5-13,18,22-23,25H,14-17H2,1-4H3,(H,30,32)(H,34,35)/t22?,23?,25-/m1/s1. The number of nitrogens with zero attached hydrogens (tertiary/aromatic N) is 1. The number of hydrogen-bond donors (Lipinski definition) is 2. The topological polar surface area (TPSA) is 86.7 Å². The van der Waals surface area contributed by atoms with Crippen LogP contribution in [0, 0.1) is 11.3 Å². The fourth-order valence-electron chi connectivity index (χ4n) is 5.02. The van der Waals surface area contributed by atoms with Crippen molar-refractivity contribution in [3.05, 3.63) is 70.7 Å². The van der Waals surface area contributed by atoms with Gasteiger partial charge in [0.1, 0.15) is 6.04 Å². The van der Waals surface area contributed by atoms with Crippen molar-refractivity contribution in [3.63, 3.8) is 0 Å². The summed E-state index contributed by atoms with van der Waals surface area (Å²) in [7, 11) is 0. The molecule has 0 aromatic heterocycles. The SMILES string of the molecule is CC(C)[C@@H](NC(=O)CC(C(=O)O)c1ccccc1)C(=O)N1CCC(c2ccc(Cl)cc2)C(C)(C)C1. The third-order valence-electron chi connectivity index (χ3n) is 6.95. The minimum absolute atomic E-state index is 0.123. The average Bonchev–Trinajstić information content (AvgIpc) is 2.81. The van der Waals surface area contributed by atoms with Gasteiger partial charge in [-0.1, -0.05) is 81.8 Å². The molecule has 188 valence electrons. The van der Waals surface area contributed by atoms with Crippen molar-refractivity contribution in [2.75, 3.05) is 13.1 Å². The summed E-state index contributed by atoms with van der Waals surface area (Å²) in [5, 5.41) is 13.2. The van der Waals surface area contributed by atoms with Gasteiger partial charge < -0.3 is 15.3 Å². The highest BCUT2D eigenvalue weighted by Gasteiger charge is 2.40. The summed E-state index contributed by atoms with van der Waals surface area (Å²) >= 11 is 6.06. The number of carboxylic acid groups (broad SMARTS) is 1. The van der Waals surface area contributed by atoms with Gasteiger partial charge in [0, 0.05) is 24.5 Å². The molecular formula is C28H35ClN2O4. The van der Waals surface area contributed by atoms with Crippen LogP contribution in [0.15, 0.2) is 54.6 Å². The van der Waals surface area contributed by atoms with Crippen molar-refractivity contribution in [2.24, 2.45) is 11.3 Å². The van der Waals surface area contributed by atoms with E-state index >= 15 is 0 Å². The number of piperidine rings is 1. The fraction of sp³-hybridized carbons (Fsp3) is 0.464. The molecule has 0 aliphatic carbocycles. The van der Waals surface area contributed by atoms with Crippen molar-refractivity contribution in [1.29, 1.82) is 0 Å². The monoisotopic (exact) mass is 498 g/mol. The third-order valence-corrected chi connectivity index (χ3v) is 7.20. The van der Waals surface area contributed by atoms with E-state index in [1.807, 2.05) is 30.9 Å². The van der Waals surface area contributed by atoms with E-state index in [-0.39, 0.29) is 29.6 Å². The maximum absolute atomic E-state index is 13.5. The summed E-state index contributed by atoms with van der Waals surface area (Å²) in [4.78, 5) is 40.0. The van der Waals surface area contributed by atoms with Gasteiger partial charge in [0.15, 0.2) is 0 Å². The zero-order valence-corrected chi connectivity index (χ0v) is 21.6. The molecule has 2 unspecified atom stereocenters. The van der Waals surface area contributed by atoms with Gasteiger partial charge in [-0.05, 0) is 46.9 Å². The highest BCUT2D eigenvalue weighted by Crippen LogP contribution is 2.42. The molecule has 0 bridgehead atoms. The van der Waals surface area contributed by atoms with E-state index in [0.29, 0.717) is 23.7 Å². The summed E-state index contributed by atoms with van der Waals surface area (Å²) in [6.45, 7) is 9.26. The quantitative estimate of drug-likeness (QED) is 0.531. The first-order valence-electron chi connectivity index (χ1n) is 12.1. The number of nitrogens with one attached hydrogen (secondary N) is 1. The molecule has 1 saturated heterocycles.